The number of rotatable bonds is 7. The second-order valence-corrected chi connectivity index (χ2v) is 7.10. The number of esters is 2. The Hall–Kier alpha value is -3.73. The maximum atomic E-state index is 11.5. The third-order valence-electron chi connectivity index (χ3n) is 4.86. The molecular formula is C21H22N4O7. The van der Waals surface area contributed by atoms with Crippen LogP contribution in [0.5, 0.6) is 17.4 Å². The highest BCUT2D eigenvalue weighted by atomic mass is 16.6. The molecule has 3 aromatic rings. The number of carbonyl (C=O) groups is 2. The first kappa shape index (κ1) is 21.5. The molecule has 0 amide bonds. The predicted octanol–water partition coefficient (Wildman–Crippen LogP) is 2.41. The van der Waals surface area contributed by atoms with Crippen molar-refractivity contribution in [2.24, 2.45) is 0 Å². The van der Waals surface area contributed by atoms with Gasteiger partial charge in [-0.3, -0.25) is 14.2 Å². The lowest BCUT2D eigenvalue weighted by molar-refractivity contribution is -0.155. The number of carbonyl (C=O) groups excluding carboxylic acids is 2. The zero-order valence-corrected chi connectivity index (χ0v) is 17.8. The average molecular weight is 442 g/mol. The molecule has 168 valence electrons. The van der Waals surface area contributed by atoms with E-state index in [1.807, 2.05) is 0 Å². The van der Waals surface area contributed by atoms with E-state index in [0.29, 0.717) is 29.1 Å². The minimum atomic E-state index is -0.609. The first-order valence-electron chi connectivity index (χ1n) is 9.90. The Balaban J connectivity index is 1.57. The van der Waals surface area contributed by atoms with Gasteiger partial charge in [-0.2, -0.15) is 4.98 Å². The summed E-state index contributed by atoms with van der Waals surface area (Å²) < 4.78 is 29.2. The Kier molecular flexibility index (Phi) is 6.17. The van der Waals surface area contributed by atoms with Crippen LogP contribution in [-0.2, 0) is 23.8 Å². The molecule has 2 aromatic heterocycles. The second kappa shape index (κ2) is 9.18. The van der Waals surface area contributed by atoms with E-state index in [2.05, 4.69) is 15.0 Å². The monoisotopic (exact) mass is 442 g/mol. The minimum absolute atomic E-state index is 0.0305. The highest BCUT2D eigenvalue weighted by molar-refractivity contribution is 5.76. The molecule has 0 bridgehead atoms. The van der Waals surface area contributed by atoms with Gasteiger partial charge in [-0.25, -0.2) is 9.97 Å². The topological polar surface area (TPSA) is 124 Å². The molecule has 3 atom stereocenters. The molecule has 1 aliphatic rings. The SMILES string of the molecule is COc1ccc(Oc2ncnc3c2ncn3[C@H]2C[C@H](OC(C)=O)[C@@H](COC(C)=O)O2)cc1. The van der Waals surface area contributed by atoms with Gasteiger partial charge in [-0.15, -0.1) is 0 Å². The van der Waals surface area contributed by atoms with Crippen molar-refractivity contribution in [3.05, 3.63) is 36.9 Å². The van der Waals surface area contributed by atoms with E-state index < -0.39 is 30.4 Å². The number of nitrogens with zero attached hydrogens (tertiary/aromatic N) is 4. The normalized spacial score (nSPS) is 20.2. The van der Waals surface area contributed by atoms with Crippen LogP contribution >= 0.6 is 0 Å². The molecule has 3 heterocycles. The Morgan fingerprint density at radius 1 is 1.09 bits per heavy atom. The number of fused-ring (bicyclic) bond motifs is 1. The molecule has 1 saturated heterocycles. The molecule has 0 radical (unpaired) electrons. The second-order valence-electron chi connectivity index (χ2n) is 7.10. The maximum Gasteiger partial charge on any atom is 0.303 e. The molecule has 1 aliphatic heterocycles. The fourth-order valence-corrected chi connectivity index (χ4v) is 3.43. The smallest absolute Gasteiger partial charge is 0.303 e. The average Bonchev–Trinajstić information content (AvgIpc) is 3.37. The van der Waals surface area contributed by atoms with Gasteiger partial charge >= 0.3 is 11.9 Å². The number of methoxy groups -OCH3 is 1. The highest BCUT2D eigenvalue weighted by Crippen LogP contribution is 2.34. The van der Waals surface area contributed by atoms with Crippen LogP contribution in [0, 0.1) is 0 Å². The van der Waals surface area contributed by atoms with Crippen molar-refractivity contribution in [3.8, 4) is 17.4 Å². The number of benzene rings is 1. The van der Waals surface area contributed by atoms with E-state index in [9.17, 15) is 9.59 Å². The van der Waals surface area contributed by atoms with Gasteiger partial charge in [-0.05, 0) is 24.3 Å². The van der Waals surface area contributed by atoms with Gasteiger partial charge < -0.3 is 23.7 Å². The molecule has 4 rings (SSSR count). The van der Waals surface area contributed by atoms with Crippen molar-refractivity contribution in [2.45, 2.75) is 38.7 Å². The zero-order chi connectivity index (χ0) is 22.7. The lowest BCUT2D eigenvalue weighted by atomic mass is 10.2. The van der Waals surface area contributed by atoms with Crippen molar-refractivity contribution in [1.82, 2.24) is 19.5 Å². The highest BCUT2D eigenvalue weighted by Gasteiger charge is 2.40. The fraction of sp³-hybridized carbons (Fsp3) is 0.381. The van der Waals surface area contributed by atoms with Gasteiger partial charge in [0.15, 0.2) is 11.2 Å². The van der Waals surface area contributed by atoms with Crippen LogP contribution < -0.4 is 9.47 Å². The predicted molar refractivity (Wildman–Crippen MR) is 109 cm³/mol. The lowest BCUT2D eigenvalue weighted by Crippen LogP contribution is -2.31. The van der Waals surface area contributed by atoms with E-state index in [0.717, 1.165) is 0 Å². The molecule has 0 unspecified atom stereocenters. The van der Waals surface area contributed by atoms with E-state index >= 15 is 0 Å². The summed E-state index contributed by atoms with van der Waals surface area (Å²) in [6, 6.07) is 7.06. The number of ether oxygens (including phenoxy) is 5. The summed E-state index contributed by atoms with van der Waals surface area (Å²) in [5, 5.41) is 0. The van der Waals surface area contributed by atoms with Crippen LogP contribution in [-0.4, -0.2) is 57.4 Å². The lowest BCUT2D eigenvalue weighted by Gasteiger charge is -2.17. The van der Waals surface area contributed by atoms with Gasteiger partial charge in [0.1, 0.15) is 42.9 Å². The Labute approximate surface area is 183 Å². The Morgan fingerprint density at radius 2 is 1.84 bits per heavy atom. The quantitative estimate of drug-likeness (QED) is 0.504. The van der Waals surface area contributed by atoms with Gasteiger partial charge in [-0.1, -0.05) is 0 Å². The van der Waals surface area contributed by atoms with Gasteiger partial charge in [0, 0.05) is 20.3 Å². The molecule has 1 aromatic carbocycles. The van der Waals surface area contributed by atoms with Crippen molar-refractivity contribution in [1.29, 1.82) is 0 Å². The standard InChI is InChI=1S/C21H22N4O7/c1-12(26)29-9-17-16(30-13(2)27)8-18(32-17)25-11-24-19-20(25)22-10-23-21(19)31-15-6-4-14(28-3)5-7-15/h4-7,10-11,16-18H,8-9H2,1-3H3/t16-,17+,18+/m0/s1. The third kappa shape index (κ3) is 4.62. The molecule has 11 heteroatoms. The summed E-state index contributed by atoms with van der Waals surface area (Å²) in [6.07, 6.45) is 1.55. The van der Waals surface area contributed by atoms with E-state index in [1.54, 1.807) is 42.3 Å². The van der Waals surface area contributed by atoms with Gasteiger partial charge in [0.2, 0.25) is 0 Å². The molecule has 0 saturated carbocycles. The van der Waals surface area contributed by atoms with Crippen LogP contribution in [0.3, 0.4) is 0 Å². The summed E-state index contributed by atoms with van der Waals surface area (Å²) in [4.78, 5) is 35.6. The molecule has 0 aliphatic carbocycles. The number of aromatic nitrogens is 4. The summed E-state index contributed by atoms with van der Waals surface area (Å²) in [5.41, 5.74) is 0.933. The number of hydrogen-bond donors (Lipinski definition) is 0. The zero-order valence-electron chi connectivity index (χ0n) is 17.8. The fourth-order valence-electron chi connectivity index (χ4n) is 3.43. The summed E-state index contributed by atoms with van der Waals surface area (Å²) in [5.74, 6) is 0.664. The molecule has 11 nitrogen and oxygen atoms in total. The number of hydrogen-bond acceptors (Lipinski definition) is 10. The molecule has 32 heavy (non-hydrogen) atoms. The van der Waals surface area contributed by atoms with E-state index in [-0.39, 0.29) is 12.5 Å². The van der Waals surface area contributed by atoms with Crippen LogP contribution in [0.15, 0.2) is 36.9 Å². The molecular weight excluding hydrogens is 420 g/mol. The molecule has 1 fully saturated rings. The Morgan fingerprint density at radius 3 is 2.53 bits per heavy atom. The third-order valence-corrected chi connectivity index (χ3v) is 4.86. The number of imidazole rings is 1. The van der Waals surface area contributed by atoms with Gasteiger partial charge in [0.25, 0.3) is 5.88 Å². The van der Waals surface area contributed by atoms with Crippen LogP contribution in [0.4, 0.5) is 0 Å². The van der Waals surface area contributed by atoms with Gasteiger partial charge in [0.05, 0.1) is 13.4 Å². The van der Waals surface area contributed by atoms with Crippen LogP contribution in [0.1, 0.15) is 26.5 Å². The maximum absolute atomic E-state index is 11.5. The summed E-state index contributed by atoms with van der Waals surface area (Å²) in [6.45, 7) is 2.59. The molecule has 0 N–H and O–H groups in total. The van der Waals surface area contributed by atoms with Crippen LogP contribution in [0.2, 0.25) is 0 Å². The summed E-state index contributed by atoms with van der Waals surface area (Å²) >= 11 is 0. The first-order chi connectivity index (χ1) is 15.4. The van der Waals surface area contributed by atoms with Crippen molar-refractivity contribution >= 4 is 23.1 Å². The van der Waals surface area contributed by atoms with Crippen LogP contribution in [0.25, 0.3) is 11.2 Å². The first-order valence-corrected chi connectivity index (χ1v) is 9.90. The minimum Gasteiger partial charge on any atom is -0.497 e. The van der Waals surface area contributed by atoms with Crippen molar-refractivity contribution in [3.63, 3.8) is 0 Å². The summed E-state index contributed by atoms with van der Waals surface area (Å²) in [7, 11) is 1.59. The Bertz CT molecular complexity index is 1120. The van der Waals surface area contributed by atoms with Crippen molar-refractivity contribution < 1.29 is 33.3 Å². The molecule has 0 spiro atoms. The van der Waals surface area contributed by atoms with Crippen molar-refractivity contribution in [2.75, 3.05) is 13.7 Å². The van der Waals surface area contributed by atoms with E-state index in [4.69, 9.17) is 23.7 Å². The van der Waals surface area contributed by atoms with E-state index in [1.165, 1.54) is 20.2 Å². The largest absolute Gasteiger partial charge is 0.497 e.